The highest BCUT2D eigenvalue weighted by Gasteiger charge is 2.38. The Bertz CT molecular complexity index is 1140. The number of nitrogens with zero attached hydrogens (tertiary/aromatic N) is 2. The van der Waals surface area contributed by atoms with E-state index in [9.17, 15) is 18.0 Å². The van der Waals surface area contributed by atoms with Crippen molar-refractivity contribution >= 4 is 45.0 Å². The molecule has 0 bridgehead atoms. The molecule has 176 valence electrons. The Labute approximate surface area is 207 Å². The Kier molecular flexibility index (Phi) is 8.31. The van der Waals surface area contributed by atoms with Crippen LogP contribution in [0.1, 0.15) is 33.7 Å². The maximum Gasteiger partial charge on any atom is 0.436 e. The van der Waals surface area contributed by atoms with Crippen molar-refractivity contribution in [3.8, 4) is 5.75 Å². The SMILES string of the molecule is Cc1c(Cl)c(C(F)(F)F)nn1CCCNC(=O)c1ccc(COc2ccc(Br)cc2Cl)cc1. The first-order valence-electron chi connectivity index (χ1n) is 9.81. The van der Waals surface area contributed by atoms with E-state index in [2.05, 4.69) is 26.3 Å². The molecule has 0 aliphatic rings. The van der Waals surface area contributed by atoms with Gasteiger partial charge in [0.15, 0.2) is 5.69 Å². The van der Waals surface area contributed by atoms with Gasteiger partial charge in [0.1, 0.15) is 12.4 Å². The minimum absolute atomic E-state index is 0.191. The van der Waals surface area contributed by atoms with Gasteiger partial charge in [0, 0.05) is 23.1 Å². The molecule has 0 atom stereocenters. The molecule has 0 aliphatic carbocycles. The molecule has 0 saturated heterocycles. The molecular formula is C22H19BrCl2F3N3O2. The Balaban J connectivity index is 1.47. The molecule has 0 fully saturated rings. The summed E-state index contributed by atoms with van der Waals surface area (Å²) in [6.07, 6.45) is -4.22. The van der Waals surface area contributed by atoms with E-state index in [1.54, 1.807) is 36.4 Å². The second kappa shape index (κ2) is 10.8. The lowest BCUT2D eigenvalue weighted by atomic mass is 10.1. The van der Waals surface area contributed by atoms with Crippen molar-refractivity contribution in [1.29, 1.82) is 0 Å². The molecule has 1 amide bonds. The highest BCUT2D eigenvalue weighted by Crippen LogP contribution is 2.35. The van der Waals surface area contributed by atoms with Crippen molar-refractivity contribution in [2.75, 3.05) is 6.54 Å². The van der Waals surface area contributed by atoms with Crippen LogP contribution in [0.15, 0.2) is 46.9 Å². The fourth-order valence-electron chi connectivity index (χ4n) is 2.96. The third kappa shape index (κ3) is 6.65. The molecule has 1 aromatic heterocycles. The largest absolute Gasteiger partial charge is 0.487 e. The molecule has 0 unspecified atom stereocenters. The van der Waals surface area contributed by atoms with Gasteiger partial charge in [-0.25, -0.2) is 0 Å². The summed E-state index contributed by atoms with van der Waals surface area (Å²) < 4.78 is 46.4. The number of benzene rings is 2. The molecule has 0 radical (unpaired) electrons. The van der Waals surface area contributed by atoms with Crippen LogP contribution in [-0.2, 0) is 19.3 Å². The highest BCUT2D eigenvalue weighted by molar-refractivity contribution is 9.10. The van der Waals surface area contributed by atoms with Gasteiger partial charge >= 0.3 is 6.18 Å². The van der Waals surface area contributed by atoms with E-state index >= 15 is 0 Å². The average Bonchev–Trinajstić information content (AvgIpc) is 3.05. The first-order valence-corrected chi connectivity index (χ1v) is 11.4. The molecule has 0 spiro atoms. The molecule has 3 rings (SSSR count). The minimum Gasteiger partial charge on any atom is -0.487 e. The Morgan fingerprint density at radius 1 is 1.18 bits per heavy atom. The third-order valence-corrected chi connectivity index (χ3v) is 5.98. The van der Waals surface area contributed by atoms with Gasteiger partial charge in [-0.05, 0) is 49.2 Å². The van der Waals surface area contributed by atoms with Crippen molar-refractivity contribution in [1.82, 2.24) is 15.1 Å². The molecule has 3 aromatic rings. The fourth-order valence-corrected chi connectivity index (χ4v) is 3.93. The van der Waals surface area contributed by atoms with Crippen LogP contribution in [0.25, 0.3) is 0 Å². The lowest BCUT2D eigenvalue weighted by molar-refractivity contribution is -0.141. The summed E-state index contributed by atoms with van der Waals surface area (Å²) in [6.45, 7) is 2.22. The monoisotopic (exact) mass is 563 g/mol. The summed E-state index contributed by atoms with van der Waals surface area (Å²) >= 11 is 15.2. The zero-order chi connectivity index (χ0) is 24.2. The number of ether oxygens (including phenoxy) is 1. The van der Waals surface area contributed by atoms with E-state index in [1.165, 1.54) is 11.6 Å². The zero-order valence-electron chi connectivity index (χ0n) is 17.3. The van der Waals surface area contributed by atoms with Crippen molar-refractivity contribution < 1.29 is 22.7 Å². The number of rotatable bonds is 8. The van der Waals surface area contributed by atoms with E-state index in [1.807, 2.05) is 6.07 Å². The van der Waals surface area contributed by atoms with Crippen LogP contribution in [0, 0.1) is 6.92 Å². The Hall–Kier alpha value is -2.23. The van der Waals surface area contributed by atoms with Gasteiger partial charge in [-0.1, -0.05) is 51.3 Å². The first kappa shape index (κ1) is 25.4. The van der Waals surface area contributed by atoms with Gasteiger partial charge in [-0.3, -0.25) is 9.48 Å². The normalized spacial score (nSPS) is 11.5. The van der Waals surface area contributed by atoms with Crippen LogP contribution in [0.2, 0.25) is 10.0 Å². The topological polar surface area (TPSA) is 56.2 Å². The van der Waals surface area contributed by atoms with Gasteiger partial charge in [0.25, 0.3) is 5.91 Å². The number of carbonyl (C=O) groups excluding carboxylic acids is 1. The number of halogens is 6. The summed E-state index contributed by atoms with van der Waals surface area (Å²) in [4.78, 5) is 12.3. The van der Waals surface area contributed by atoms with Gasteiger partial charge in [0.2, 0.25) is 0 Å². The van der Waals surface area contributed by atoms with Crippen molar-refractivity contribution in [3.63, 3.8) is 0 Å². The van der Waals surface area contributed by atoms with Crippen LogP contribution in [0.4, 0.5) is 13.2 Å². The quantitative estimate of drug-likeness (QED) is 0.310. The molecule has 2 aromatic carbocycles. The van der Waals surface area contributed by atoms with Crippen LogP contribution < -0.4 is 10.1 Å². The van der Waals surface area contributed by atoms with Crippen LogP contribution in [0.3, 0.4) is 0 Å². The van der Waals surface area contributed by atoms with E-state index in [4.69, 9.17) is 27.9 Å². The molecule has 11 heteroatoms. The lowest BCUT2D eigenvalue weighted by Crippen LogP contribution is -2.25. The van der Waals surface area contributed by atoms with Gasteiger partial charge in [-0.15, -0.1) is 0 Å². The highest BCUT2D eigenvalue weighted by atomic mass is 79.9. The first-order chi connectivity index (χ1) is 15.6. The van der Waals surface area contributed by atoms with Crippen molar-refractivity contribution in [2.45, 2.75) is 32.7 Å². The maximum atomic E-state index is 12.9. The molecule has 1 heterocycles. The summed E-state index contributed by atoms with van der Waals surface area (Å²) in [5, 5.41) is 6.36. The number of amides is 1. The molecular weight excluding hydrogens is 546 g/mol. The van der Waals surface area contributed by atoms with Gasteiger partial charge in [-0.2, -0.15) is 18.3 Å². The number of hydrogen-bond donors (Lipinski definition) is 1. The predicted molar refractivity (Wildman–Crippen MR) is 124 cm³/mol. The van der Waals surface area contributed by atoms with E-state index in [0.717, 1.165) is 10.0 Å². The molecule has 5 nitrogen and oxygen atoms in total. The number of hydrogen-bond acceptors (Lipinski definition) is 3. The van der Waals surface area contributed by atoms with E-state index < -0.39 is 16.9 Å². The zero-order valence-corrected chi connectivity index (χ0v) is 20.4. The predicted octanol–water partition coefficient (Wildman–Crippen LogP) is 6.68. The summed E-state index contributed by atoms with van der Waals surface area (Å²) in [5.74, 6) is 0.266. The summed E-state index contributed by atoms with van der Waals surface area (Å²) in [6, 6.07) is 12.2. The number of nitrogens with one attached hydrogen (secondary N) is 1. The second-order valence-electron chi connectivity index (χ2n) is 7.14. The van der Waals surface area contributed by atoms with Crippen molar-refractivity contribution in [2.24, 2.45) is 0 Å². The standard InChI is InChI=1S/C22H19BrCl2F3N3O2/c1-13-19(25)20(22(26,27)28)30-31(13)10-2-9-29-21(32)15-5-3-14(4-6-15)12-33-18-8-7-16(23)11-17(18)24/h3-8,11H,2,9-10,12H2,1H3,(H,29,32). The Morgan fingerprint density at radius 3 is 2.48 bits per heavy atom. The van der Waals surface area contributed by atoms with Crippen molar-refractivity contribution in [3.05, 3.63) is 79.5 Å². The fraction of sp³-hybridized carbons (Fsp3) is 0.273. The lowest BCUT2D eigenvalue weighted by Gasteiger charge is -2.10. The maximum absolute atomic E-state index is 12.9. The van der Waals surface area contributed by atoms with E-state index in [0.29, 0.717) is 22.8 Å². The van der Waals surface area contributed by atoms with Crippen LogP contribution in [-0.4, -0.2) is 22.2 Å². The van der Waals surface area contributed by atoms with Crippen LogP contribution >= 0.6 is 39.1 Å². The van der Waals surface area contributed by atoms with E-state index in [-0.39, 0.29) is 31.3 Å². The minimum atomic E-state index is -4.61. The smallest absolute Gasteiger partial charge is 0.436 e. The van der Waals surface area contributed by atoms with Gasteiger partial charge in [0.05, 0.1) is 15.7 Å². The van der Waals surface area contributed by atoms with Crippen LogP contribution in [0.5, 0.6) is 5.75 Å². The second-order valence-corrected chi connectivity index (χ2v) is 8.84. The van der Waals surface area contributed by atoms with Gasteiger partial charge < -0.3 is 10.1 Å². The summed E-state index contributed by atoms with van der Waals surface area (Å²) in [7, 11) is 0. The third-order valence-electron chi connectivity index (χ3n) is 4.74. The Morgan fingerprint density at radius 2 is 1.88 bits per heavy atom. The number of carbonyl (C=O) groups is 1. The average molecular weight is 565 g/mol. The number of aryl methyl sites for hydroxylation is 1. The molecule has 0 saturated carbocycles. The summed E-state index contributed by atoms with van der Waals surface area (Å²) in [5.41, 5.74) is 0.449. The molecule has 0 aliphatic heterocycles. The number of alkyl halides is 3. The number of aromatic nitrogens is 2. The molecule has 1 N–H and O–H groups in total. The molecule has 33 heavy (non-hydrogen) atoms.